The van der Waals surface area contributed by atoms with Crippen LogP contribution in [-0.4, -0.2) is 33.5 Å². The van der Waals surface area contributed by atoms with E-state index in [2.05, 4.69) is 39.2 Å². The highest BCUT2D eigenvalue weighted by Gasteiger charge is 2.37. The number of carbonyl (C=O) groups is 1. The van der Waals surface area contributed by atoms with Crippen molar-refractivity contribution in [1.82, 2.24) is 5.32 Å². The molecule has 1 N–H and O–H groups in total. The van der Waals surface area contributed by atoms with Crippen LogP contribution < -0.4 is 5.32 Å². The highest BCUT2D eigenvalue weighted by atomic mass is 28.4. The summed E-state index contributed by atoms with van der Waals surface area (Å²) in [4.78, 5) is 12.3. The Hall–Kier alpha value is -1.17. The summed E-state index contributed by atoms with van der Waals surface area (Å²) < 4.78 is 11.7. The number of ether oxygens (including phenoxy) is 1. The first-order valence-corrected chi connectivity index (χ1v) is 13.2. The van der Waals surface area contributed by atoms with Crippen molar-refractivity contribution < 1.29 is 14.0 Å². The number of hydrogen-bond acceptors (Lipinski definition) is 4. The molecule has 1 fully saturated rings. The van der Waals surface area contributed by atoms with Crippen LogP contribution in [0, 0.1) is 5.92 Å². The van der Waals surface area contributed by atoms with Crippen molar-refractivity contribution >= 4 is 14.3 Å². The minimum Gasteiger partial charge on any atom is -0.461 e. The van der Waals surface area contributed by atoms with Gasteiger partial charge in [-0.25, -0.2) is 0 Å². The van der Waals surface area contributed by atoms with E-state index in [-0.39, 0.29) is 16.9 Å². The Morgan fingerprint density at radius 2 is 1.74 bits per heavy atom. The fraction of sp³-hybridized carbons (Fsp3) is 0.682. The largest absolute Gasteiger partial charge is 0.461 e. The number of benzene rings is 1. The molecular formula is C22H37NO3Si. The lowest BCUT2D eigenvalue weighted by molar-refractivity contribution is -0.151. The van der Waals surface area contributed by atoms with E-state index in [0.717, 1.165) is 44.4 Å². The van der Waals surface area contributed by atoms with Gasteiger partial charge < -0.3 is 14.5 Å². The maximum Gasteiger partial charge on any atom is 0.309 e. The van der Waals surface area contributed by atoms with Crippen LogP contribution in [0.3, 0.4) is 0 Å². The zero-order valence-electron chi connectivity index (χ0n) is 17.7. The van der Waals surface area contributed by atoms with Gasteiger partial charge in [-0.2, -0.15) is 0 Å². The predicted molar refractivity (Wildman–Crippen MR) is 113 cm³/mol. The van der Waals surface area contributed by atoms with E-state index in [1.54, 1.807) is 0 Å². The van der Waals surface area contributed by atoms with E-state index in [1.807, 2.05) is 30.3 Å². The SMILES string of the molecule is CC(C)(C)[Si](C)(C)OCCNC1CCC(C(=O)OCc2ccccc2)CC1. The van der Waals surface area contributed by atoms with Crippen LogP contribution in [0.4, 0.5) is 0 Å². The normalized spacial score (nSPS) is 21.1. The number of hydrogen-bond donors (Lipinski definition) is 1. The third kappa shape index (κ3) is 7.05. The summed E-state index contributed by atoms with van der Waals surface area (Å²) in [5.74, 6) is 0.00815. The topological polar surface area (TPSA) is 47.6 Å². The van der Waals surface area contributed by atoms with Crippen molar-refractivity contribution in [2.45, 2.75) is 77.2 Å². The third-order valence-electron chi connectivity index (χ3n) is 6.09. The highest BCUT2D eigenvalue weighted by Crippen LogP contribution is 2.36. The molecule has 0 radical (unpaired) electrons. The number of carbonyl (C=O) groups excluding carboxylic acids is 1. The molecule has 152 valence electrons. The second kappa shape index (κ2) is 9.85. The minimum atomic E-state index is -1.66. The van der Waals surface area contributed by atoms with Crippen molar-refractivity contribution in [2.75, 3.05) is 13.2 Å². The first-order valence-electron chi connectivity index (χ1n) is 10.3. The summed E-state index contributed by atoms with van der Waals surface area (Å²) in [5, 5.41) is 3.86. The smallest absolute Gasteiger partial charge is 0.309 e. The van der Waals surface area contributed by atoms with Gasteiger partial charge in [0.05, 0.1) is 5.92 Å². The average molecular weight is 392 g/mol. The van der Waals surface area contributed by atoms with Crippen LogP contribution in [-0.2, 0) is 20.6 Å². The highest BCUT2D eigenvalue weighted by molar-refractivity contribution is 6.74. The molecule has 0 heterocycles. The van der Waals surface area contributed by atoms with Crippen molar-refractivity contribution in [3.05, 3.63) is 35.9 Å². The molecule has 0 amide bonds. The molecular weight excluding hydrogens is 354 g/mol. The van der Waals surface area contributed by atoms with E-state index in [0.29, 0.717) is 12.6 Å². The maximum absolute atomic E-state index is 12.3. The first-order chi connectivity index (χ1) is 12.7. The summed E-state index contributed by atoms with van der Waals surface area (Å²) in [6.45, 7) is 13.4. The van der Waals surface area contributed by atoms with Gasteiger partial charge in [0.15, 0.2) is 8.32 Å². The summed E-state index contributed by atoms with van der Waals surface area (Å²) in [7, 11) is -1.66. The van der Waals surface area contributed by atoms with Crippen LogP contribution >= 0.6 is 0 Å². The van der Waals surface area contributed by atoms with E-state index in [1.165, 1.54) is 0 Å². The van der Waals surface area contributed by atoms with Gasteiger partial charge in [-0.3, -0.25) is 4.79 Å². The Kier molecular flexibility index (Phi) is 8.07. The van der Waals surface area contributed by atoms with Gasteiger partial charge in [-0.05, 0) is 49.4 Å². The summed E-state index contributed by atoms with van der Waals surface area (Å²) in [6.07, 6.45) is 3.89. The third-order valence-corrected chi connectivity index (χ3v) is 10.6. The van der Waals surface area contributed by atoms with Crippen molar-refractivity contribution in [3.63, 3.8) is 0 Å². The molecule has 5 heteroatoms. The van der Waals surface area contributed by atoms with Gasteiger partial charge in [0, 0.05) is 19.2 Å². The molecule has 1 aromatic rings. The van der Waals surface area contributed by atoms with Crippen LogP contribution in [0.25, 0.3) is 0 Å². The standard InChI is InChI=1S/C22H37NO3Si/c1-22(2,3)27(4,5)26-16-15-23-20-13-11-19(12-14-20)21(24)25-17-18-9-7-6-8-10-18/h6-10,19-20,23H,11-17H2,1-5H3. The van der Waals surface area contributed by atoms with Gasteiger partial charge in [0.25, 0.3) is 0 Å². The van der Waals surface area contributed by atoms with Gasteiger partial charge in [-0.1, -0.05) is 51.1 Å². The Labute approximate surface area is 166 Å². The van der Waals surface area contributed by atoms with Crippen molar-refractivity contribution in [2.24, 2.45) is 5.92 Å². The molecule has 0 spiro atoms. The second-order valence-corrected chi connectivity index (χ2v) is 14.0. The van der Waals surface area contributed by atoms with Crippen LogP contribution in [0.5, 0.6) is 0 Å². The van der Waals surface area contributed by atoms with E-state index in [9.17, 15) is 4.79 Å². The van der Waals surface area contributed by atoms with E-state index < -0.39 is 8.32 Å². The van der Waals surface area contributed by atoms with Crippen molar-refractivity contribution in [1.29, 1.82) is 0 Å². The molecule has 1 aliphatic carbocycles. The van der Waals surface area contributed by atoms with Crippen LogP contribution in [0.1, 0.15) is 52.0 Å². The zero-order valence-corrected chi connectivity index (χ0v) is 18.7. The maximum atomic E-state index is 12.3. The zero-order chi connectivity index (χ0) is 19.9. The van der Waals surface area contributed by atoms with E-state index >= 15 is 0 Å². The molecule has 1 saturated carbocycles. The minimum absolute atomic E-state index is 0.0430. The molecule has 0 atom stereocenters. The molecule has 0 bridgehead atoms. The molecule has 0 aromatic heterocycles. The summed E-state index contributed by atoms with van der Waals surface area (Å²) in [6, 6.07) is 10.4. The predicted octanol–water partition coefficient (Wildman–Crippen LogP) is 4.90. The molecule has 0 saturated heterocycles. The van der Waals surface area contributed by atoms with E-state index in [4.69, 9.17) is 9.16 Å². The Balaban J connectivity index is 1.62. The molecule has 1 aliphatic rings. The van der Waals surface area contributed by atoms with Crippen molar-refractivity contribution in [3.8, 4) is 0 Å². The molecule has 27 heavy (non-hydrogen) atoms. The molecule has 2 rings (SSSR count). The fourth-order valence-corrected chi connectivity index (χ4v) is 4.21. The fourth-order valence-electron chi connectivity index (χ4n) is 3.17. The number of nitrogens with one attached hydrogen (secondary N) is 1. The second-order valence-electron chi connectivity index (χ2n) is 9.20. The van der Waals surface area contributed by atoms with Gasteiger partial charge in [-0.15, -0.1) is 0 Å². The lowest BCUT2D eigenvalue weighted by atomic mass is 9.86. The summed E-state index contributed by atoms with van der Waals surface area (Å²) >= 11 is 0. The number of esters is 1. The van der Waals surface area contributed by atoms with Crippen LogP contribution in [0.2, 0.25) is 18.1 Å². The van der Waals surface area contributed by atoms with Gasteiger partial charge >= 0.3 is 5.97 Å². The molecule has 4 nitrogen and oxygen atoms in total. The molecule has 0 unspecified atom stereocenters. The quantitative estimate of drug-likeness (QED) is 0.389. The number of rotatable bonds is 8. The lowest BCUT2D eigenvalue weighted by Gasteiger charge is -2.36. The first kappa shape index (κ1) is 22.1. The Bertz CT molecular complexity index is 575. The summed E-state index contributed by atoms with van der Waals surface area (Å²) in [5.41, 5.74) is 1.04. The average Bonchev–Trinajstić information content (AvgIpc) is 2.64. The lowest BCUT2D eigenvalue weighted by Crippen LogP contribution is -2.43. The monoisotopic (exact) mass is 391 g/mol. The molecule has 0 aliphatic heterocycles. The van der Waals surface area contributed by atoms with Crippen LogP contribution in [0.15, 0.2) is 30.3 Å². The Morgan fingerprint density at radius 1 is 1.11 bits per heavy atom. The van der Waals surface area contributed by atoms with Gasteiger partial charge in [0.1, 0.15) is 6.61 Å². The van der Waals surface area contributed by atoms with Gasteiger partial charge in [0.2, 0.25) is 0 Å². The molecule has 1 aromatic carbocycles. The Morgan fingerprint density at radius 3 is 2.33 bits per heavy atom.